The van der Waals surface area contributed by atoms with Crippen LogP contribution in [-0.4, -0.2) is 35.0 Å². The van der Waals surface area contributed by atoms with Crippen molar-refractivity contribution in [2.45, 2.75) is 12.3 Å². The van der Waals surface area contributed by atoms with Crippen molar-refractivity contribution < 1.29 is 23.1 Å². The molecule has 0 spiro atoms. The summed E-state index contributed by atoms with van der Waals surface area (Å²) in [6.07, 6.45) is -6.84. The van der Waals surface area contributed by atoms with Crippen LogP contribution in [0.25, 0.3) is 0 Å². The minimum Gasteiger partial charge on any atom is -0.480 e. The van der Waals surface area contributed by atoms with Crippen LogP contribution in [0.3, 0.4) is 0 Å². The fourth-order valence-corrected chi connectivity index (χ4v) is 0.765. The van der Waals surface area contributed by atoms with Gasteiger partial charge in [-0.1, -0.05) is 5.22 Å². The molecule has 1 aliphatic rings. The Morgan fingerprint density at radius 3 is 2.69 bits per heavy atom. The van der Waals surface area contributed by atoms with Crippen molar-refractivity contribution in [2.24, 2.45) is 10.3 Å². The molecule has 1 aliphatic heterocycles. The van der Waals surface area contributed by atoms with Gasteiger partial charge in [0.2, 0.25) is 6.17 Å². The van der Waals surface area contributed by atoms with Crippen molar-refractivity contribution in [3.63, 3.8) is 0 Å². The van der Waals surface area contributed by atoms with E-state index in [9.17, 15) is 18.0 Å². The molecule has 0 radical (unpaired) electrons. The van der Waals surface area contributed by atoms with Gasteiger partial charge in [-0.3, -0.25) is 4.79 Å². The minimum absolute atomic E-state index is 0.377. The number of nitrogens with one attached hydrogen (secondary N) is 1. The molecule has 0 saturated heterocycles. The van der Waals surface area contributed by atoms with Gasteiger partial charge in [-0.25, -0.2) is 5.53 Å². The Kier molecular flexibility index (Phi) is 2.36. The highest BCUT2D eigenvalue weighted by Gasteiger charge is 2.47. The fourth-order valence-electron chi connectivity index (χ4n) is 0.765. The Balaban J connectivity index is 2.63. The predicted molar refractivity (Wildman–Crippen MR) is 32.2 cm³/mol. The van der Waals surface area contributed by atoms with Crippen LogP contribution in [0.4, 0.5) is 13.2 Å². The van der Waals surface area contributed by atoms with Gasteiger partial charge < -0.3 is 5.11 Å². The van der Waals surface area contributed by atoms with Crippen LogP contribution in [-0.2, 0) is 4.79 Å². The Morgan fingerprint density at radius 2 is 2.23 bits per heavy atom. The summed E-state index contributed by atoms with van der Waals surface area (Å²) in [5.41, 5.74) is 1.84. The molecule has 0 aromatic heterocycles. The lowest BCUT2D eigenvalue weighted by Gasteiger charge is -2.20. The molecule has 0 saturated carbocycles. The number of halogens is 3. The highest BCUT2D eigenvalue weighted by molar-refractivity contribution is 5.69. The molecule has 0 aromatic carbocycles. The monoisotopic (exact) mass is 198 g/mol. The smallest absolute Gasteiger partial charge is 0.427 e. The molecule has 0 amide bonds. The molecule has 9 heteroatoms. The molecule has 0 fully saturated rings. The summed E-state index contributed by atoms with van der Waals surface area (Å²) < 4.78 is 36.1. The molecular weight excluding hydrogens is 193 g/mol. The number of alkyl halides is 3. The Hall–Kier alpha value is -1.38. The van der Waals surface area contributed by atoms with Crippen LogP contribution in [0, 0.1) is 0 Å². The van der Waals surface area contributed by atoms with Gasteiger partial charge in [-0.15, -0.1) is 5.11 Å². The van der Waals surface area contributed by atoms with E-state index in [2.05, 4.69) is 10.3 Å². The van der Waals surface area contributed by atoms with E-state index in [0.717, 1.165) is 0 Å². The molecular formula is C4H5F3N4O2. The fraction of sp³-hybridized carbons (Fsp3) is 0.750. The zero-order chi connectivity index (χ0) is 10.1. The van der Waals surface area contributed by atoms with E-state index >= 15 is 0 Å². The summed E-state index contributed by atoms with van der Waals surface area (Å²) in [5, 5.41) is 14.3. The maximum atomic E-state index is 12.0. The van der Waals surface area contributed by atoms with Crippen LogP contribution in [0.2, 0.25) is 0 Å². The normalized spacial score (nSPS) is 23.2. The molecule has 2 N–H and O–H groups in total. The molecule has 1 heterocycles. The van der Waals surface area contributed by atoms with Gasteiger partial charge in [0.05, 0.1) is 0 Å². The van der Waals surface area contributed by atoms with Crippen LogP contribution < -0.4 is 5.53 Å². The molecule has 13 heavy (non-hydrogen) atoms. The third-order valence-electron chi connectivity index (χ3n) is 1.23. The van der Waals surface area contributed by atoms with Gasteiger partial charge in [0.25, 0.3) is 0 Å². The van der Waals surface area contributed by atoms with Crippen LogP contribution in [0.5, 0.6) is 0 Å². The van der Waals surface area contributed by atoms with E-state index in [-0.39, 0.29) is 0 Å². The SMILES string of the molecule is O=C(O)CN1NN=NC1C(F)(F)F. The Bertz CT molecular complexity index is 240. The van der Waals surface area contributed by atoms with Gasteiger partial charge >= 0.3 is 12.1 Å². The first-order chi connectivity index (χ1) is 5.91. The van der Waals surface area contributed by atoms with Crippen LogP contribution >= 0.6 is 0 Å². The van der Waals surface area contributed by atoms with Crippen LogP contribution in [0.1, 0.15) is 0 Å². The number of aliphatic carboxylic acids is 1. The Labute approximate surface area is 70.0 Å². The largest absolute Gasteiger partial charge is 0.480 e. The maximum Gasteiger partial charge on any atom is 0.427 e. The van der Waals surface area contributed by atoms with Gasteiger partial charge in [0.1, 0.15) is 6.54 Å². The van der Waals surface area contributed by atoms with Gasteiger partial charge in [-0.05, 0) is 0 Å². The number of rotatable bonds is 2. The molecule has 0 aromatic rings. The van der Waals surface area contributed by atoms with E-state index in [1.165, 1.54) is 0 Å². The van der Waals surface area contributed by atoms with Gasteiger partial charge in [-0.2, -0.15) is 18.2 Å². The summed E-state index contributed by atoms with van der Waals surface area (Å²) in [6, 6.07) is 0. The first-order valence-electron chi connectivity index (χ1n) is 3.12. The predicted octanol–water partition coefficient (Wildman–Crippen LogP) is 0.147. The number of carboxylic acid groups (broad SMARTS) is 1. The average molecular weight is 198 g/mol. The summed E-state index contributed by atoms with van der Waals surface area (Å²) in [7, 11) is 0. The summed E-state index contributed by atoms with van der Waals surface area (Å²) in [5.74, 6) is -1.39. The van der Waals surface area contributed by atoms with Gasteiger partial charge in [0, 0.05) is 0 Å². The summed E-state index contributed by atoms with van der Waals surface area (Å²) >= 11 is 0. The molecule has 0 bridgehead atoms. The summed E-state index contributed by atoms with van der Waals surface area (Å²) in [4.78, 5) is 10.1. The second-order valence-electron chi connectivity index (χ2n) is 2.25. The van der Waals surface area contributed by atoms with Crippen molar-refractivity contribution in [3.8, 4) is 0 Å². The lowest BCUT2D eigenvalue weighted by molar-refractivity contribution is -0.184. The highest BCUT2D eigenvalue weighted by atomic mass is 19.4. The molecule has 74 valence electrons. The molecule has 0 aliphatic carbocycles. The molecule has 6 nitrogen and oxygen atoms in total. The molecule has 1 atom stereocenters. The Morgan fingerprint density at radius 1 is 1.62 bits per heavy atom. The summed E-state index contributed by atoms with van der Waals surface area (Å²) in [6.45, 7) is -0.822. The second-order valence-corrected chi connectivity index (χ2v) is 2.25. The number of hydrazine groups is 1. The quantitative estimate of drug-likeness (QED) is 0.661. The van der Waals surface area contributed by atoms with Crippen molar-refractivity contribution in [2.75, 3.05) is 6.54 Å². The lowest BCUT2D eigenvalue weighted by Crippen LogP contribution is -2.48. The second kappa shape index (κ2) is 3.17. The first kappa shape index (κ1) is 9.71. The minimum atomic E-state index is -4.62. The van der Waals surface area contributed by atoms with E-state index < -0.39 is 24.9 Å². The number of hydrogen-bond acceptors (Lipinski definition) is 5. The number of carboxylic acids is 1. The maximum absolute atomic E-state index is 12.0. The number of nitrogens with zero attached hydrogens (tertiary/aromatic N) is 3. The molecule has 1 rings (SSSR count). The first-order valence-corrected chi connectivity index (χ1v) is 3.12. The van der Waals surface area contributed by atoms with E-state index in [1.54, 1.807) is 0 Å². The van der Waals surface area contributed by atoms with E-state index in [0.29, 0.717) is 5.01 Å². The third-order valence-corrected chi connectivity index (χ3v) is 1.23. The van der Waals surface area contributed by atoms with Crippen molar-refractivity contribution in [1.82, 2.24) is 10.5 Å². The highest BCUT2D eigenvalue weighted by Crippen LogP contribution is 2.26. The van der Waals surface area contributed by atoms with Gasteiger partial charge in [0.15, 0.2) is 0 Å². The third kappa shape index (κ3) is 2.28. The van der Waals surface area contributed by atoms with E-state index in [4.69, 9.17) is 5.11 Å². The zero-order valence-electron chi connectivity index (χ0n) is 6.12. The topological polar surface area (TPSA) is 77.3 Å². The lowest BCUT2D eigenvalue weighted by atomic mass is 10.4. The standard InChI is InChI=1S/C4H5F3N4O2/c5-4(6,7)3-8-9-10-11(3)1-2(12)13/h3H,1H2,(H,8,10)(H,12,13). The number of hydrogen-bond donors (Lipinski definition) is 2. The number of carbonyl (C=O) groups is 1. The van der Waals surface area contributed by atoms with Crippen LogP contribution in [0.15, 0.2) is 10.3 Å². The molecule has 1 unspecified atom stereocenters. The van der Waals surface area contributed by atoms with E-state index in [1.807, 2.05) is 5.53 Å². The van der Waals surface area contributed by atoms with Crippen molar-refractivity contribution >= 4 is 5.97 Å². The van der Waals surface area contributed by atoms with Crippen molar-refractivity contribution in [3.05, 3.63) is 0 Å². The van der Waals surface area contributed by atoms with Crippen molar-refractivity contribution in [1.29, 1.82) is 0 Å². The average Bonchev–Trinajstić information content (AvgIpc) is 2.31. The zero-order valence-corrected chi connectivity index (χ0v) is 6.12.